The molecule has 0 unspecified atom stereocenters. The van der Waals surface area contributed by atoms with Gasteiger partial charge in [-0.2, -0.15) is 0 Å². The Morgan fingerprint density at radius 1 is 1.40 bits per heavy atom. The maximum Gasteiger partial charge on any atom is 0.222 e. The number of hydrogen-bond donors (Lipinski definition) is 0. The van der Waals surface area contributed by atoms with Gasteiger partial charge in [-0.15, -0.1) is 0 Å². The topological polar surface area (TPSA) is 41.4 Å². The van der Waals surface area contributed by atoms with Gasteiger partial charge in [0.2, 0.25) is 5.91 Å². The fourth-order valence-corrected chi connectivity index (χ4v) is 3.87. The van der Waals surface area contributed by atoms with Gasteiger partial charge in [0, 0.05) is 44.4 Å². The summed E-state index contributed by atoms with van der Waals surface area (Å²) in [6.07, 6.45) is 11.8. The number of likely N-dealkylation sites (tertiary alicyclic amines) is 1. The van der Waals surface area contributed by atoms with E-state index < -0.39 is 0 Å². The average molecular weight is 347 g/mol. The van der Waals surface area contributed by atoms with Crippen molar-refractivity contribution in [3.05, 3.63) is 18.2 Å². The second kappa shape index (κ2) is 7.90. The van der Waals surface area contributed by atoms with Gasteiger partial charge < -0.3 is 14.4 Å². The van der Waals surface area contributed by atoms with E-state index in [0.717, 1.165) is 58.3 Å². The van der Waals surface area contributed by atoms with Gasteiger partial charge in [0.05, 0.1) is 0 Å². The Kier molecular flexibility index (Phi) is 5.82. The predicted molar refractivity (Wildman–Crippen MR) is 101 cm³/mol. The van der Waals surface area contributed by atoms with Crippen LogP contribution in [0.4, 0.5) is 0 Å². The van der Waals surface area contributed by atoms with Crippen LogP contribution in [0.1, 0.15) is 63.6 Å². The van der Waals surface area contributed by atoms with E-state index in [-0.39, 0.29) is 0 Å². The lowest BCUT2D eigenvalue weighted by molar-refractivity contribution is -0.132. The van der Waals surface area contributed by atoms with E-state index in [1.807, 2.05) is 6.20 Å². The van der Waals surface area contributed by atoms with E-state index >= 15 is 0 Å². The normalized spacial score (nSPS) is 22.4. The quantitative estimate of drug-likeness (QED) is 0.726. The van der Waals surface area contributed by atoms with Crippen molar-refractivity contribution in [3.8, 4) is 0 Å². The highest BCUT2D eigenvalue weighted by Gasteiger charge is 2.37. The van der Waals surface area contributed by atoms with Gasteiger partial charge in [0.25, 0.3) is 0 Å². The molecule has 2 heterocycles. The zero-order valence-corrected chi connectivity index (χ0v) is 16.2. The van der Waals surface area contributed by atoms with Crippen molar-refractivity contribution in [1.82, 2.24) is 19.4 Å². The molecular weight excluding hydrogens is 312 g/mol. The van der Waals surface area contributed by atoms with Crippen molar-refractivity contribution in [2.45, 2.75) is 64.3 Å². The van der Waals surface area contributed by atoms with Crippen molar-refractivity contribution in [2.75, 3.05) is 33.7 Å². The van der Waals surface area contributed by atoms with Crippen LogP contribution >= 0.6 is 0 Å². The number of aromatic nitrogens is 2. The summed E-state index contributed by atoms with van der Waals surface area (Å²) in [6, 6.07) is 0. The Balaban J connectivity index is 1.54. The molecule has 0 radical (unpaired) electrons. The summed E-state index contributed by atoms with van der Waals surface area (Å²) in [4.78, 5) is 21.6. The Bertz CT molecular complexity index is 576. The minimum atomic E-state index is 0.350. The summed E-state index contributed by atoms with van der Waals surface area (Å²) < 4.78 is 2.30. The summed E-state index contributed by atoms with van der Waals surface area (Å²) >= 11 is 0. The molecule has 1 atom stereocenters. The number of piperidine rings is 1. The molecule has 3 rings (SSSR count). The minimum Gasteiger partial charge on any atom is -0.342 e. The molecule has 0 spiro atoms. The third kappa shape index (κ3) is 5.06. The number of nitrogens with zero attached hydrogens (tertiary/aromatic N) is 4. The van der Waals surface area contributed by atoms with Crippen LogP contribution < -0.4 is 0 Å². The number of amides is 1. The molecule has 0 aromatic carbocycles. The fraction of sp³-hybridized carbons (Fsp3) is 0.800. The summed E-state index contributed by atoms with van der Waals surface area (Å²) in [5.74, 6) is 1.91. The first-order valence-corrected chi connectivity index (χ1v) is 9.90. The molecule has 0 bridgehead atoms. The number of aryl methyl sites for hydroxylation is 1. The van der Waals surface area contributed by atoms with E-state index in [1.54, 1.807) is 0 Å². The lowest BCUT2D eigenvalue weighted by atomic mass is 9.96. The molecule has 5 heteroatoms. The second-order valence-electron chi connectivity index (χ2n) is 8.63. The third-order valence-electron chi connectivity index (χ3n) is 5.94. The minimum absolute atomic E-state index is 0.350. The molecule has 140 valence electrons. The highest BCUT2D eigenvalue weighted by atomic mass is 16.2. The van der Waals surface area contributed by atoms with Crippen LogP contribution in [0.2, 0.25) is 0 Å². The van der Waals surface area contributed by atoms with Crippen molar-refractivity contribution in [1.29, 1.82) is 0 Å². The summed E-state index contributed by atoms with van der Waals surface area (Å²) in [6.45, 7) is 6.18. The predicted octanol–water partition coefficient (Wildman–Crippen LogP) is 3.12. The maximum atomic E-state index is 12.6. The van der Waals surface area contributed by atoms with Crippen LogP contribution in [0.15, 0.2) is 12.4 Å². The standard InChI is InChI=1S/C20H34N4O/c1-20(9-10-20)8-7-18(25)24-13-4-6-17(16-24)19-21-11-15-23(19)14-5-12-22(2)3/h11,15,17H,4-10,12-14,16H2,1-3H3/t17-/m0/s1. The Morgan fingerprint density at radius 2 is 2.20 bits per heavy atom. The number of imidazole rings is 1. The molecule has 1 aromatic heterocycles. The molecule has 1 saturated carbocycles. The van der Waals surface area contributed by atoms with E-state index in [9.17, 15) is 4.79 Å². The van der Waals surface area contributed by atoms with Crippen LogP contribution in [-0.4, -0.2) is 59.0 Å². The van der Waals surface area contributed by atoms with Gasteiger partial charge >= 0.3 is 0 Å². The van der Waals surface area contributed by atoms with Crippen LogP contribution in [0, 0.1) is 5.41 Å². The zero-order valence-electron chi connectivity index (χ0n) is 16.2. The molecule has 5 nitrogen and oxygen atoms in total. The Labute approximate surface area is 152 Å². The first kappa shape index (κ1) is 18.4. The molecule has 2 fully saturated rings. The van der Waals surface area contributed by atoms with Crippen LogP contribution in [0.5, 0.6) is 0 Å². The van der Waals surface area contributed by atoms with Gasteiger partial charge in [-0.05, 0) is 64.6 Å². The molecule has 1 amide bonds. The van der Waals surface area contributed by atoms with Crippen molar-refractivity contribution in [2.24, 2.45) is 5.41 Å². The van der Waals surface area contributed by atoms with Gasteiger partial charge in [-0.3, -0.25) is 4.79 Å². The summed E-state index contributed by atoms with van der Waals surface area (Å²) in [5, 5.41) is 0. The van der Waals surface area contributed by atoms with Crippen LogP contribution in [-0.2, 0) is 11.3 Å². The first-order chi connectivity index (χ1) is 12.0. The van der Waals surface area contributed by atoms with Crippen molar-refractivity contribution >= 4 is 5.91 Å². The lowest BCUT2D eigenvalue weighted by Gasteiger charge is -2.33. The van der Waals surface area contributed by atoms with Gasteiger partial charge in [0.15, 0.2) is 0 Å². The Morgan fingerprint density at radius 3 is 2.92 bits per heavy atom. The van der Waals surface area contributed by atoms with E-state index in [4.69, 9.17) is 0 Å². The van der Waals surface area contributed by atoms with Crippen LogP contribution in [0.25, 0.3) is 0 Å². The molecule has 25 heavy (non-hydrogen) atoms. The largest absolute Gasteiger partial charge is 0.342 e. The molecule has 1 saturated heterocycles. The molecule has 2 aliphatic rings. The molecule has 1 aliphatic carbocycles. The smallest absolute Gasteiger partial charge is 0.222 e. The SMILES string of the molecule is CN(C)CCCn1ccnc1[C@H]1CCCN(C(=O)CCC2(C)CC2)C1. The van der Waals surface area contributed by atoms with Crippen molar-refractivity contribution < 1.29 is 4.79 Å². The molecule has 1 aromatic rings. The molecule has 0 N–H and O–H groups in total. The number of carbonyl (C=O) groups is 1. The number of rotatable bonds is 8. The highest BCUT2D eigenvalue weighted by Crippen LogP contribution is 2.49. The Hall–Kier alpha value is -1.36. The summed E-state index contributed by atoms with van der Waals surface area (Å²) in [5.41, 5.74) is 0.466. The lowest BCUT2D eigenvalue weighted by Crippen LogP contribution is -2.39. The van der Waals surface area contributed by atoms with Gasteiger partial charge in [-0.25, -0.2) is 4.98 Å². The van der Waals surface area contributed by atoms with Crippen molar-refractivity contribution in [3.63, 3.8) is 0 Å². The van der Waals surface area contributed by atoms with Gasteiger partial charge in [0.1, 0.15) is 5.82 Å². The van der Waals surface area contributed by atoms with Gasteiger partial charge in [-0.1, -0.05) is 6.92 Å². The van der Waals surface area contributed by atoms with Crippen LogP contribution in [0.3, 0.4) is 0 Å². The molecular formula is C20H34N4O. The van der Waals surface area contributed by atoms with E-state index in [2.05, 4.69) is 46.6 Å². The maximum absolute atomic E-state index is 12.6. The first-order valence-electron chi connectivity index (χ1n) is 9.90. The number of hydrogen-bond acceptors (Lipinski definition) is 3. The third-order valence-corrected chi connectivity index (χ3v) is 5.94. The average Bonchev–Trinajstić information content (AvgIpc) is 3.15. The number of carbonyl (C=O) groups excluding carboxylic acids is 1. The highest BCUT2D eigenvalue weighted by molar-refractivity contribution is 5.76. The fourth-order valence-electron chi connectivity index (χ4n) is 3.87. The van der Waals surface area contributed by atoms with E-state index in [0.29, 0.717) is 17.2 Å². The second-order valence-corrected chi connectivity index (χ2v) is 8.63. The summed E-state index contributed by atoms with van der Waals surface area (Å²) in [7, 11) is 4.23. The monoisotopic (exact) mass is 346 g/mol. The zero-order chi connectivity index (χ0) is 17.9. The van der Waals surface area contributed by atoms with E-state index in [1.165, 1.54) is 18.7 Å². The molecule has 1 aliphatic heterocycles.